The van der Waals surface area contributed by atoms with Crippen molar-refractivity contribution in [3.8, 4) is 0 Å². The maximum atomic E-state index is 6.10. The molecule has 94 valence electrons. The molecule has 2 aliphatic rings. The molecule has 2 N–H and O–H groups in total. The van der Waals surface area contributed by atoms with Crippen molar-refractivity contribution in [3.05, 3.63) is 0 Å². The zero-order valence-corrected chi connectivity index (χ0v) is 9.95. The van der Waals surface area contributed by atoms with Crippen LogP contribution < -0.4 is 5.73 Å². The lowest BCUT2D eigenvalue weighted by Crippen LogP contribution is -2.46. The molecule has 0 amide bonds. The second-order valence-corrected chi connectivity index (χ2v) is 4.87. The minimum absolute atomic E-state index is 0.115. The fourth-order valence-corrected chi connectivity index (χ4v) is 2.36. The SMILES string of the molecule is NCC1(OCC2CCOCC2)CCOCC1. The van der Waals surface area contributed by atoms with Crippen LogP contribution >= 0.6 is 0 Å². The summed E-state index contributed by atoms with van der Waals surface area (Å²) in [7, 11) is 0. The van der Waals surface area contributed by atoms with E-state index in [0.717, 1.165) is 58.7 Å². The number of nitrogens with two attached hydrogens (primary N) is 1. The molecule has 0 bridgehead atoms. The van der Waals surface area contributed by atoms with Gasteiger partial charge in [-0.25, -0.2) is 0 Å². The summed E-state index contributed by atoms with van der Waals surface area (Å²) >= 11 is 0. The van der Waals surface area contributed by atoms with E-state index < -0.39 is 0 Å². The van der Waals surface area contributed by atoms with Gasteiger partial charge in [-0.05, 0) is 18.8 Å². The van der Waals surface area contributed by atoms with Gasteiger partial charge in [0.05, 0.1) is 12.2 Å². The highest BCUT2D eigenvalue weighted by atomic mass is 16.5. The van der Waals surface area contributed by atoms with Crippen LogP contribution in [0.4, 0.5) is 0 Å². The Bertz CT molecular complexity index is 198. The molecule has 0 aromatic rings. The van der Waals surface area contributed by atoms with E-state index >= 15 is 0 Å². The second-order valence-electron chi connectivity index (χ2n) is 4.87. The van der Waals surface area contributed by atoms with Gasteiger partial charge in [-0.3, -0.25) is 0 Å². The largest absolute Gasteiger partial charge is 0.381 e. The van der Waals surface area contributed by atoms with Crippen molar-refractivity contribution in [2.75, 3.05) is 39.6 Å². The van der Waals surface area contributed by atoms with Crippen LogP contribution in [0.15, 0.2) is 0 Å². The Morgan fingerprint density at radius 3 is 2.31 bits per heavy atom. The summed E-state index contributed by atoms with van der Waals surface area (Å²) in [6, 6.07) is 0. The van der Waals surface area contributed by atoms with Gasteiger partial charge in [0.25, 0.3) is 0 Å². The maximum absolute atomic E-state index is 6.10. The van der Waals surface area contributed by atoms with Gasteiger partial charge >= 0.3 is 0 Å². The molecule has 0 saturated carbocycles. The summed E-state index contributed by atoms with van der Waals surface area (Å²) in [4.78, 5) is 0. The van der Waals surface area contributed by atoms with Gasteiger partial charge in [0.2, 0.25) is 0 Å². The van der Waals surface area contributed by atoms with Gasteiger partial charge in [-0.15, -0.1) is 0 Å². The van der Waals surface area contributed by atoms with Crippen LogP contribution in [-0.2, 0) is 14.2 Å². The molecule has 4 nitrogen and oxygen atoms in total. The number of hydrogen-bond acceptors (Lipinski definition) is 4. The molecule has 2 rings (SSSR count). The molecule has 0 unspecified atom stereocenters. The van der Waals surface area contributed by atoms with Crippen LogP contribution in [0.3, 0.4) is 0 Å². The first-order valence-electron chi connectivity index (χ1n) is 6.34. The second kappa shape index (κ2) is 5.96. The molecule has 0 spiro atoms. The number of hydrogen-bond donors (Lipinski definition) is 1. The highest BCUT2D eigenvalue weighted by molar-refractivity contribution is 4.85. The lowest BCUT2D eigenvalue weighted by Gasteiger charge is -2.37. The predicted octanol–water partition coefficient (Wildman–Crippen LogP) is 0.937. The Balaban J connectivity index is 1.77. The van der Waals surface area contributed by atoms with Gasteiger partial charge in [0.15, 0.2) is 0 Å². The fraction of sp³-hybridized carbons (Fsp3) is 1.00. The summed E-state index contributed by atoms with van der Waals surface area (Å²) < 4.78 is 16.8. The standard InChI is InChI=1S/C12H23NO3/c13-10-12(3-7-15-8-4-12)16-9-11-1-5-14-6-2-11/h11H,1-10,13H2. The normalized spacial score (nSPS) is 26.8. The Hall–Kier alpha value is -0.160. The van der Waals surface area contributed by atoms with Crippen LogP contribution in [0.1, 0.15) is 25.7 Å². The van der Waals surface area contributed by atoms with E-state index in [9.17, 15) is 0 Å². The van der Waals surface area contributed by atoms with Crippen LogP contribution in [-0.4, -0.2) is 45.2 Å². The molecule has 0 radical (unpaired) electrons. The molecule has 0 atom stereocenters. The Kier molecular flexibility index (Phi) is 4.58. The van der Waals surface area contributed by atoms with Crippen molar-refractivity contribution in [3.63, 3.8) is 0 Å². The predicted molar refractivity (Wildman–Crippen MR) is 61.3 cm³/mol. The third kappa shape index (κ3) is 3.17. The first kappa shape index (κ1) is 12.3. The van der Waals surface area contributed by atoms with Gasteiger partial charge in [-0.2, -0.15) is 0 Å². The molecule has 0 aromatic carbocycles. The lowest BCUT2D eigenvalue weighted by atomic mass is 9.93. The van der Waals surface area contributed by atoms with Gasteiger partial charge in [-0.1, -0.05) is 0 Å². The zero-order valence-electron chi connectivity index (χ0n) is 9.95. The van der Waals surface area contributed by atoms with E-state index in [0.29, 0.717) is 12.5 Å². The van der Waals surface area contributed by atoms with E-state index in [1.54, 1.807) is 0 Å². The molecule has 0 aliphatic carbocycles. The monoisotopic (exact) mass is 229 g/mol. The minimum Gasteiger partial charge on any atom is -0.381 e. The van der Waals surface area contributed by atoms with Crippen LogP contribution in [0, 0.1) is 5.92 Å². The molecule has 2 heterocycles. The molecule has 2 saturated heterocycles. The fourth-order valence-electron chi connectivity index (χ4n) is 2.36. The number of ether oxygens (including phenoxy) is 3. The van der Waals surface area contributed by atoms with Crippen molar-refractivity contribution in [1.82, 2.24) is 0 Å². The van der Waals surface area contributed by atoms with Gasteiger partial charge in [0, 0.05) is 45.8 Å². The molecular formula is C12H23NO3. The lowest BCUT2D eigenvalue weighted by molar-refractivity contribution is -0.120. The van der Waals surface area contributed by atoms with Gasteiger partial charge in [0.1, 0.15) is 0 Å². The Morgan fingerprint density at radius 2 is 1.69 bits per heavy atom. The average Bonchev–Trinajstić information content (AvgIpc) is 2.39. The minimum atomic E-state index is -0.115. The van der Waals surface area contributed by atoms with E-state index in [2.05, 4.69) is 0 Å². The molecule has 4 heteroatoms. The molecule has 2 aliphatic heterocycles. The topological polar surface area (TPSA) is 53.7 Å². The van der Waals surface area contributed by atoms with Crippen molar-refractivity contribution in [2.45, 2.75) is 31.3 Å². The third-order valence-corrected chi connectivity index (χ3v) is 3.74. The first-order valence-corrected chi connectivity index (χ1v) is 6.34. The maximum Gasteiger partial charge on any atom is 0.0848 e. The van der Waals surface area contributed by atoms with Crippen LogP contribution in [0.5, 0.6) is 0 Å². The van der Waals surface area contributed by atoms with Crippen molar-refractivity contribution >= 4 is 0 Å². The van der Waals surface area contributed by atoms with Crippen LogP contribution in [0.25, 0.3) is 0 Å². The van der Waals surface area contributed by atoms with E-state index in [-0.39, 0.29) is 5.60 Å². The third-order valence-electron chi connectivity index (χ3n) is 3.74. The first-order chi connectivity index (χ1) is 7.85. The smallest absolute Gasteiger partial charge is 0.0848 e. The van der Waals surface area contributed by atoms with Crippen molar-refractivity contribution in [1.29, 1.82) is 0 Å². The molecule has 2 fully saturated rings. The zero-order chi connectivity index (χ0) is 11.3. The molecular weight excluding hydrogens is 206 g/mol. The highest BCUT2D eigenvalue weighted by Crippen LogP contribution is 2.26. The summed E-state index contributed by atoms with van der Waals surface area (Å²) in [6.07, 6.45) is 4.12. The Morgan fingerprint density at radius 1 is 1.06 bits per heavy atom. The summed E-state index contributed by atoms with van der Waals surface area (Å²) in [5.41, 5.74) is 5.73. The van der Waals surface area contributed by atoms with Crippen molar-refractivity contribution in [2.24, 2.45) is 11.7 Å². The highest BCUT2D eigenvalue weighted by Gasteiger charge is 2.33. The Labute approximate surface area is 97.4 Å². The quantitative estimate of drug-likeness (QED) is 0.779. The van der Waals surface area contributed by atoms with Crippen LogP contribution in [0.2, 0.25) is 0 Å². The van der Waals surface area contributed by atoms with E-state index in [1.165, 1.54) is 0 Å². The average molecular weight is 229 g/mol. The van der Waals surface area contributed by atoms with E-state index in [4.69, 9.17) is 19.9 Å². The van der Waals surface area contributed by atoms with Crippen molar-refractivity contribution < 1.29 is 14.2 Å². The van der Waals surface area contributed by atoms with Gasteiger partial charge < -0.3 is 19.9 Å². The molecule has 16 heavy (non-hydrogen) atoms. The summed E-state index contributed by atoms with van der Waals surface area (Å²) in [5, 5.41) is 0. The summed E-state index contributed by atoms with van der Waals surface area (Å²) in [6.45, 7) is 4.77. The number of rotatable bonds is 4. The summed E-state index contributed by atoms with van der Waals surface area (Å²) in [5.74, 6) is 0.653. The van der Waals surface area contributed by atoms with E-state index in [1.807, 2.05) is 0 Å². The molecule has 0 aromatic heterocycles.